The summed E-state index contributed by atoms with van der Waals surface area (Å²) in [5.41, 5.74) is 10.3. The molecule has 0 bridgehead atoms. The van der Waals surface area contributed by atoms with Gasteiger partial charge < -0.3 is 25.4 Å². The number of anilines is 1. The average molecular weight is 574 g/mol. The van der Waals surface area contributed by atoms with Gasteiger partial charge in [-0.15, -0.1) is 0 Å². The Hall–Kier alpha value is -4.57. The average Bonchev–Trinajstić information content (AvgIpc) is 3.65. The number of nitrogens with one attached hydrogen (secondary N) is 3. The molecule has 3 fully saturated rings. The van der Waals surface area contributed by atoms with Crippen LogP contribution < -0.4 is 10.6 Å². The lowest BCUT2D eigenvalue weighted by atomic mass is 9.85. The third-order valence-corrected chi connectivity index (χ3v) is 9.21. The van der Waals surface area contributed by atoms with Gasteiger partial charge in [-0.25, -0.2) is 4.98 Å². The van der Waals surface area contributed by atoms with E-state index in [4.69, 9.17) is 9.98 Å². The number of imidazole rings is 1. The normalized spacial score (nSPS) is 21.4. The van der Waals surface area contributed by atoms with Gasteiger partial charge in [0.25, 0.3) is 0 Å². The Morgan fingerprint density at radius 2 is 1.91 bits per heavy atom. The van der Waals surface area contributed by atoms with Crippen molar-refractivity contribution in [1.29, 1.82) is 0 Å². The first-order valence-corrected chi connectivity index (χ1v) is 15.2. The number of allylic oxidation sites excluding steroid dienone is 1. The highest BCUT2D eigenvalue weighted by atomic mass is 16.1. The number of carbonyl (C=O) groups is 1. The molecule has 1 atom stereocenters. The van der Waals surface area contributed by atoms with Gasteiger partial charge in [-0.3, -0.25) is 19.8 Å². The van der Waals surface area contributed by atoms with Crippen molar-refractivity contribution in [1.82, 2.24) is 30.1 Å². The van der Waals surface area contributed by atoms with Crippen molar-refractivity contribution in [2.75, 3.05) is 38.5 Å². The van der Waals surface area contributed by atoms with Crippen LogP contribution in [0.25, 0.3) is 22.4 Å². The molecule has 10 heteroatoms. The number of nitrogens with zero attached hydrogens (tertiary/aromatic N) is 6. The molecule has 1 aliphatic carbocycles. The van der Waals surface area contributed by atoms with E-state index >= 15 is 0 Å². The Bertz CT molecular complexity index is 1720. The molecule has 2 aromatic heterocycles. The largest absolute Gasteiger partial charge is 0.373 e. The molecule has 0 spiro atoms. The fourth-order valence-electron chi connectivity index (χ4n) is 6.33. The second-order valence-electron chi connectivity index (χ2n) is 12.1. The van der Waals surface area contributed by atoms with E-state index in [0.717, 1.165) is 108 Å². The number of rotatable bonds is 5. The van der Waals surface area contributed by atoms with Crippen LogP contribution in [0.4, 0.5) is 5.69 Å². The number of benzene rings is 1. The number of carbonyl (C=O) groups excluding carboxylic acids is 1. The second-order valence-corrected chi connectivity index (χ2v) is 12.1. The summed E-state index contributed by atoms with van der Waals surface area (Å²) in [5, 5.41) is 6.61. The van der Waals surface area contributed by atoms with E-state index in [1.165, 1.54) is 0 Å². The molecule has 3 N–H and O–H groups in total. The molecule has 43 heavy (non-hydrogen) atoms. The van der Waals surface area contributed by atoms with Crippen molar-refractivity contribution < 1.29 is 4.79 Å². The Kier molecular flexibility index (Phi) is 6.44. The minimum Gasteiger partial charge on any atom is -0.373 e. The molecule has 218 valence electrons. The third kappa shape index (κ3) is 4.95. The lowest BCUT2D eigenvalue weighted by Gasteiger charge is -2.35. The fourth-order valence-corrected chi connectivity index (χ4v) is 6.33. The highest BCUT2D eigenvalue weighted by Gasteiger charge is 2.36. The number of hydrogen-bond donors (Lipinski definition) is 3. The smallest absolute Gasteiger partial charge is 0.227 e. The van der Waals surface area contributed by atoms with E-state index in [1.54, 1.807) is 6.20 Å². The summed E-state index contributed by atoms with van der Waals surface area (Å²) in [4.78, 5) is 40.2. The maximum absolute atomic E-state index is 12.6. The van der Waals surface area contributed by atoms with Crippen molar-refractivity contribution in [2.45, 2.75) is 38.4 Å². The zero-order valence-electron chi connectivity index (χ0n) is 24.3. The van der Waals surface area contributed by atoms with Crippen molar-refractivity contribution in [3.63, 3.8) is 0 Å². The van der Waals surface area contributed by atoms with Crippen LogP contribution in [0.3, 0.4) is 0 Å². The summed E-state index contributed by atoms with van der Waals surface area (Å²) < 4.78 is 0. The number of piperazine rings is 1. The molecule has 1 unspecified atom stereocenters. The Morgan fingerprint density at radius 1 is 1.02 bits per heavy atom. The zero-order valence-corrected chi connectivity index (χ0v) is 24.3. The summed E-state index contributed by atoms with van der Waals surface area (Å²) in [6.45, 7) is 5.14. The maximum atomic E-state index is 12.6. The predicted molar refractivity (Wildman–Crippen MR) is 169 cm³/mol. The molecule has 1 aromatic carbocycles. The van der Waals surface area contributed by atoms with Crippen LogP contribution >= 0.6 is 0 Å². The molecule has 3 aromatic rings. The van der Waals surface area contributed by atoms with Gasteiger partial charge >= 0.3 is 0 Å². The topological polar surface area (TPSA) is 124 Å². The number of aromatic amines is 1. The van der Waals surface area contributed by atoms with Crippen LogP contribution in [0, 0.1) is 5.92 Å². The number of aliphatic imine (C=N–C) groups is 2. The molecular formula is C33H35N9O. The van der Waals surface area contributed by atoms with Gasteiger partial charge in [-0.1, -0.05) is 18.6 Å². The standard InChI is InChI=1S/C33H35N9O/c1-41-9-11-42(12-10-41)28-7-8-34-18-26-30(28)40-32(39-26)29-25-14-21(5-6-22(25)15-36-19-27-31(29)38-27)23-13-24(17-35-16-23)37-33(43)20-3-2-4-20/h5-8,13-14,16-17,19-20,27,38H,2-4,9-12,15,18H2,1H3,(H,37,43)(H,39,40). The summed E-state index contributed by atoms with van der Waals surface area (Å²) >= 11 is 0. The van der Waals surface area contributed by atoms with Crippen molar-refractivity contribution in [3.8, 4) is 11.1 Å². The number of pyridine rings is 1. The molecule has 4 aliphatic heterocycles. The number of hydrogen-bond acceptors (Lipinski definition) is 8. The molecule has 1 saturated carbocycles. The molecule has 6 heterocycles. The van der Waals surface area contributed by atoms with Crippen molar-refractivity contribution in [2.24, 2.45) is 15.9 Å². The van der Waals surface area contributed by atoms with E-state index in [2.05, 4.69) is 66.7 Å². The first-order chi connectivity index (χ1) is 21.1. The second kappa shape index (κ2) is 10.6. The quantitative estimate of drug-likeness (QED) is 0.400. The SMILES string of the molecule is CN1CCN(C2=CC=NCc3[nH]c(C4=C5NC5C=NCc5ccc(-c6cncc(NC(=O)C7CCC7)c6)cc54)nc32)CC1. The molecule has 10 nitrogen and oxygen atoms in total. The number of amides is 1. The minimum absolute atomic E-state index is 0.0889. The summed E-state index contributed by atoms with van der Waals surface area (Å²) in [6.07, 6.45) is 12.7. The first kappa shape index (κ1) is 26.1. The fraction of sp³-hybridized carbons (Fsp3) is 0.364. The van der Waals surface area contributed by atoms with E-state index in [1.807, 2.05) is 24.7 Å². The number of aromatic nitrogens is 3. The Balaban J connectivity index is 1.17. The minimum atomic E-state index is 0.0889. The van der Waals surface area contributed by atoms with Crippen molar-refractivity contribution in [3.05, 3.63) is 76.8 Å². The molecule has 2 saturated heterocycles. The lowest BCUT2D eigenvalue weighted by Crippen LogP contribution is -2.43. The third-order valence-electron chi connectivity index (χ3n) is 9.21. The lowest BCUT2D eigenvalue weighted by molar-refractivity contribution is -0.122. The number of fused-ring (bicyclic) bond motifs is 3. The molecule has 5 aliphatic rings. The molecular weight excluding hydrogens is 538 g/mol. The zero-order chi connectivity index (χ0) is 28.9. The predicted octanol–water partition coefficient (Wildman–Crippen LogP) is 3.70. The van der Waals surface area contributed by atoms with Gasteiger partial charge in [0.1, 0.15) is 17.6 Å². The van der Waals surface area contributed by atoms with Gasteiger partial charge in [-0.2, -0.15) is 0 Å². The number of likely N-dealkylation sites (N-methyl/N-ethyl adjacent to an activating group) is 1. The monoisotopic (exact) mass is 573 g/mol. The van der Waals surface area contributed by atoms with Crippen LogP contribution in [0.2, 0.25) is 0 Å². The highest BCUT2D eigenvalue weighted by Crippen LogP contribution is 2.39. The molecule has 8 rings (SSSR count). The maximum Gasteiger partial charge on any atom is 0.227 e. The van der Waals surface area contributed by atoms with Crippen molar-refractivity contribution >= 4 is 35.3 Å². The van der Waals surface area contributed by atoms with Gasteiger partial charge in [-0.05, 0) is 54.8 Å². The van der Waals surface area contributed by atoms with Gasteiger partial charge in [0.2, 0.25) is 5.91 Å². The van der Waals surface area contributed by atoms with Gasteiger partial charge in [0.05, 0.1) is 42.1 Å². The summed E-state index contributed by atoms with van der Waals surface area (Å²) in [6, 6.07) is 8.60. The number of H-pyrrole nitrogens is 1. The van der Waals surface area contributed by atoms with Crippen LogP contribution in [0.15, 0.2) is 58.4 Å². The van der Waals surface area contributed by atoms with E-state index in [0.29, 0.717) is 13.1 Å². The van der Waals surface area contributed by atoms with Crippen LogP contribution in [0.5, 0.6) is 0 Å². The van der Waals surface area contributed by atoms with E-state index in [9.17, 15) is 4.79 Å². The van der Waals surface area contributed by atoms with E-state index in [-0.39, 0.29) is 17.9 Å². The summed E-state index contributed by atoms with van der Waals surface area (Å²) in [7, 11) is 2.17. The van der Waals surface area contributed by atoms with Crippen LogP contribution in [0.1, 0.15) is 47.6 Å². The Labute approximate surface area is 250 Å². The Morgan fingerprint density at radius 3 is 2.74 bits per heavy atom. The van der Waals surface area contributed by atoms with Crippen LogP contribution in [-0.2, 0) is 17.9 Å². The summed E-state index contributed by atoms with van der Waals surface area (Å²) in [5.74, 6) is 1.06. The van der Waals surface area contributed by atoms with Gasteiger partial charge in [0, 0.05) is 61.9 Å². The van der Waals surface area contributed by atoms with Crippen LogP contribution in [-0.4, -0.2) is 82.4 Å². The van der Waals surface area contributed by atoms with Gasteiger partial charge in [0.15, 0.2) is 0 Å². The molecule has 1 amide bonds. The highest BCUT2D eigenvalue weighted by molar-refractivity contribution is 5.95. The first-order valence-electron chi connectivity index (χ1n) is 15.2. The van der Waals surface area contributed by atoms with E-state index < -0.39 is 0 Å². The molecule has 0 radical (unpaired) electrons.